The molecule has 2 heterocycles. The first-order chi connectivity index (χ1) is 9.05. The number of carbonyl (C=O) groups is 1. The molecule has 0 aliphatic carbocycles. The molecule has 1 aromatic rings. The van der Waals surface area contributed by atoms with Gasteiger partial charge in [-0.1, -0.05) is 6.07 Å². The lowest BCUT2D eigenvalue weighted by atomic mass is 10.3. The third-order valence-electron chi connectivity index (χ3n) is 2.95. The van der Waals surface area contributed by atoms with Gasteiger partial charge in [0.1, 0.15) is 4.21 Å². The molecule has 0 spiro atoms. The average molecular weight is 320 g/mol. The van der Waals surface area contributed by atoms with Crippen LogP contribution in [0.25, 0.3) is 0 Å². The molecule has 1 aromatic heterocycles. The van der Waals surface area contributed by atoms with Crippen molar-refractivity contribution in [3.8, 4) is 0 Å². The Hall–Kier alpha value is -0.570. The quantitative estimate of drug-likeness (QED) is 0.829. The standard InChI is InChI=1S/C11H16N2O3S3/c1-17-9-10(14)12-4-6-13(7-5-12)19(15,16)11-3-2-8-18-11/h2-3,8H,4-7,9H2,1H3. The number of hydrogen-bond acceptors (Lipinski definition) is 5. The molecule has 0 atom stereocenters. The summed E-state index contributed by atoms with van der Waals surface area (Å²) in [6.45, 7) is 1.70. The molecule has 1 amide bonds. The van der Waals surface area contributed by atoms with Crippen LogP contribution in [0.1, 0.15) is 0 Å². The Morgan fingerprint density at radius 3 is 2.58 bits per heavy atom. The molecule has 5 nitrogen and oxygen atoms in total. The Morgan fingerprint density at radius 2 is 2.05 bits per heavy atom. The molecule has 0 unspecified atom stereocenters. The first-order valence-corrected chi connectivity index (χ1v) is 9.57. The molecule has 1 aliphatic heterocycles. The molecule has 1 saturated heterocycles. The van der Waals surface area contributed by atoms with E-state index in [4.69, 9.17) is 0 Å². The van der Waals surface area contributed by atoms with E-state index in [1.54, 1.807) is 22.4 Å². The van der Waals surface area contributed by atoms with Crippen LogP contribution in [0.15, 0.2) is 21.7 Å². The monoisotopic (exact) mass is 320 g/mol. The first-order valence-electron chi connectivity index (χ1n) is 5.86. The fraction of sp³-hybridized carbons (Fsp3) is 0.545. The third kappa shape index (κ3) is 3.31. The molecule has 0 saturated carbocycles. The van der Waals surface area contributed by atoms with Gasteiger partial charge in [-0.15, -0.1) is 11.3 Å². The number of amides is 1. The zero-order valence-corrected chi connectivity index (χ0v) is 13.1. The molecule has 19 heavy (non-hydrogen) atoms. The Bertz CT molecular complexity index is 519. The minimum atomic E-state index is -3.37. The normalized spacial score (nSPS) is 17.6. The van der Waals surface area contributed by atoms with Gasteiger partial charge in [0.25, 0.3) is 10.0 Å². The van der Waals surface area contributed by atoms with Gasteiger partial charge in [-0.05, 0) is 17.7 Å². The zero-order valence-electron chi connectivity index (χ0n) is 10.6. The molecule has 1 fully saturated rings. The van der Waals surface area contributed by atoms with Gasteiger partial charge >= 0.3 is 0 Å². The smallest absolute Gasteiger partial charge is 0.252 e. The summed E-state index contributed by atoms with van der Waals surface area (Å²) >= 11 is 2.71. The van der Waals surface area contributed by atoms with Crippen molar-refractivity contribution >= 4 is 39.0 Å². The summed E-state index contributed by atoms with van der Waals surface area (Å²) in [6, 6.07) is 3.35. The molecule has 0 bridgehead atoms. The van der Waals surface area contributed by atoms with E-state index in [1.807, 2.05) is 6.26 Å². The van der Waals surface area contributed by atoms with Crippen LogP contribution in [0.2, 0.25) is 0 Å². The number of sulfonamides is 1. The molecule has 2 rings (SSSR count). The summed E-state index contributed by atoms with van der Waals surface area (Å²) < 4.78 is 26.4. The summed E-state index contributed by atoms with van der Waals surface area (Å²) in [5.41, 5.74) is 0. The molecule has 106 valence electrons. The van der Waals surface area contributed by atoms with Crippen LogP contribution < -0.4 is 0 Å². The van der Waals surface area contributed by atoms with Crippen molar-refractivity contribution in [3.63, 3.8) is 0 Å². The second-order valence-electron chi connectivity index (χ2n) is 4.15. The van der Waals surface area contributed by atoms with Gasteiger partial charge in [-0.2, -0.15) is 16.1 Å². The van der Waals surface area contributed by atoms with Crippen molar-refractivity contribution in [2.75, 3.05) is 38.2 Å². The van der Waals surface area contributed by atoms with Crippen molar-refractivity contribution < 1.29 is 13.2 Å². The number of piperazine rings is 1. The number of nitrogens with zero attached hydrogens (tertiary/aromatic N) is 2. The topological polar surface area (TPSA) is 57.7 Å². The SMILES string of the molecule is CSCC(=O)N1CCN(S(=O)(=O)c2cccs2)CC1. The molecule has 8 heteroatoms. The fourth-order valence-electron chi connectivity index (χ4n) is 1.93. The van der Waals surface area contributed by atoms with E-state index in [9.17, 15) is 13.2 Å². The molecule has 0 aromatic carbocycles. The largest absolute Gasteiger partial charge is 0.339 e. The van der Waals surface area contributed by atoms with E-state index >= 15 is 0 Å². The summed E-state index contributed by atoms with van der Waals surface area (Å²) in [5, 5.41) is 1.76. The van der Waals surface area contributed by atoms with Gasteiger partial charge in [0.15, 0.2) is 0 Å². The van der Waals surface area contributed by atoms with Gasteiger partial charge in [-0.25, -0.2) is 8.42 Å². The second-order valence-corrected chi connectivity index (χ2v) is 8.13. The minimum Gasteiger partial charge on any atom is -0.339 e. The van der Waals surface area contributed by atoms with Crippen LogP contribution in [0.4, 0.5) is 0 Å². The van der Waals surface area contributed by atoms with Gasteiger partial charge in [0.05, 0.1) is 5.75 Å². The predicted octanol–water partition coefficient (Wildman–Crippen LogP) is 0.944. The predicted molar refractivity (Wildman–Crippen MR) is 78.0 cm³/mol. The maximum Gasteiger partial charge on any atom is 0.252 e. The number of thioether (sulfide) groups is 1. The molecular formula is C11H16N2O3S3. The van der Waals surface area contributed by atoms with Crippen molar-refractivity contribution in [3.05, 3.63) is 17.5 Å². The zero-order chi connectivity index (χ0) is 13.9. The van der Waals surface area contributed by atoms with Gasteiger partial charge in [-0.3, -0.25) is 4.79 Å². The molecule has 1 aliphatic rings. The van der Waals surface area contributed by atoms with Gasteiger partial charge < -0.3 is 4.90 Å². The number of carbonyl (C=O) groups excluding carboxylic acids is 1. The highest BCUT2D eigenvalue weighted by atomic mass is 32.2. The first kappa shape index (κ1) is 14.8. The Balaban J connectivity index is 1.99. The Morgan fingerprint density at radius 1 is 1.37 bits per heavy atom. The van der Waals surface area contributed by atoms with Crippen LogP contribution >= 0.6 is 23.1 Å². The molecule has 0 N–H and O–H groups in total. The highest BCUT2D eigenvalue weighted by molar-refractivity contribution is 7.99. The van der Waals surface area contributed by atoms with Crippen molar-refractivity contribution in [1.82, 2.24) is 9.21 Å². The van der Waals surface area contributed by atoms with Crippen LogP contribution in [0, 0.1) is 0 Å². The maximum atomic E-state index is 12.3. The Labute approximate surface area is 121 Å². The number of rotatable bonds is 4. The summed E-state index contributed by atoms with van der Waals surface area (Å²) in [7, 11) is -3.37. The van der Waals surface area contributed by atoms with E-state index in [2.05, 4.69) is 0 Å². The van der Waals surface area contributed by atoms with E-state index in [0.717, 1.165) is 0 Å². The lowest BCUT2D eigenvalue weighted by Gasteiger charge is -2.33. The molecule has 0 radical (unpaired) electrons. The van der Waals surface area contributed by atoms with E-state index in [1.165, 1.54) is 27.4 Å². The van der Waals surface area contributed by atoms with E-state index < -0.39 is 10.0 Å². The molecular weight excluding hydrogens is 304 g/mol. The van der Waals surface area contributed by atoms with Crippen molar-refractivity contribution in [1.29, 1.82) is 0 Å². The van der Waals surface area contributed by atoms with Crippen molar-refractivity contribution in [2.24, 2.45) is 0 Å². The second kappa shape index (κ2) is 6.25. The summed E-state index contributed by atoms with van der Waals surface area (Å²) in [6.07, 6.45) is 1.88. The Kier molecular flexibility index (Phi) is 4.88. The average Bonchev–Trinajstić information content (AvgIpc) is 2.94. The van der Waals surface area contributed by atoms with E-state index in [0.29, 0.717) is 36.1 Å². The number of hydrogen-bond donors (Lipinski definition) is 0. The van der Waals surface area contributed by atoms with Gasteiger partial charge in [0, 0.05) is 26.2 Å². The van der Waals surface area contributed by atoms with Crippen LogP contribution in [-0.2, 0) is 14.8 Å². The summed E-state index contributed by atoms with van der Waals surface area (Å²) in [5.74, 6) is 0.540. The van der Waals surface area contributed by atoms with Crippen molar-refractivity contribution in [2.45, 2.75) is 4.21 Å². The number of thiophene rings is 1. The minimum absolute atomic E-state index is 0.0840. The van der Waals surface area contributed by atoms with Gasteiger partial charge in [0.2, 0.25) is 5.91 Å². The van der Waals surface area contributed by atoms with E-state index in [-0.39, 0.29) is 5.91 Å². The lowest BCUT2D eigenvalue weighted by Crippen LogP contribution is -2.50. The maximum absolute atomic E-state index is 12.3. The van der Waals surface area contributed by atoms with Crippen LogP contribution in [-0.4, -0.2) is 61.7 Å². The highest BCUT2D eigenvalue weighted by Crippen LogP contribution is 2.22. The lowest BCUT2D eigenvalue weighted by molar-refractivity contribution is -0.129. The van der Waals surface area contributed by atoms with Crippen LogP contribution in [0.3, 0.4) is 0 Å². The third-order valence-corrected chi connectivity index (χ3v) is 6.76. The summed E-state index contributed by atoms with van der Waals surface area (Å²) in [4.78, 5) is 13.5. The van der Waals surface area contributed by atoms with Crippen LogP contribution in [0.5, 0.6) is 0 Å². The fourth-order valence-corrected chi connectivity index (χ4v) is 4.93. The highest BCUT2D eigenvalue weighted by Gasteiger charge is 2.30.